The number of methoxy groups -OCH3 is 2. The molecule has 0 spiro atoms. The van der Waals surface area contributed by atoms with Crippen LogP contribution in [0.3, 0.4) is 0 Å². The maximum absolute atomic E-state index is 11.8. The quantitative estimate of drug-likeness (QED) is 0.582. The molecule has 2 rings (SSSR count). The van der Waals surface area contributed by atoms with E-state index in [1.165, 1.54) is 26.5 Å². The van der Waals surface area contributed by atoms with Crippen molar-refractivity contribution in [1.29, 1.82) is 0 Å². The number of benzene rings is 2. The monoisotopic (exact) mass is 364 g/mol. The molecule has 0 bridgehead atoms. The maximum Gasteiger partial charge on any atom is 0.277 e. The molecule has 8 heteroatoms. The molecule has 2 aromatic rings. The summed E-state index contributed by atoms with van der Waals surface area (Å²) in [6, 6.07) is 9.81. The summed E-state index contributed by atoms with van der Waals surface area (Å²) in [4.78, 5) is 11.8. The molecule has 0 fully saturated rings. The molecular weight excluding hydrogens is 348 g/mol. The molecule has 7 nitrogen and oxygen atoms in total. The SMILES string of the molecule is COc1cc(O)c(/C=N/NC(=O)COc2ccccc2Cl)c(OC)c1. The van der Waals surface area contributed by atoms with Crippen molar-refractivity contribution in [1.82, 2.24) is 5.43 Å². The van der Waals surface area contributed by atoms with Crippen LogP contribution >= 0.6 is 11.6 Å². The first-order valence-electron chi connectivity index (χ1n) is 7.19. The highest BCUT2D eigenvalue weighted by Crippen LogP contribution is 2.31. The lowest BCUT2D eigenvalue weighted by atomic mass is 10.2. The molecule has 2 N–H and O–H groups in total. The Bertz CT molecular complexity index is 780. The van der Waals surface area contributed by atoms with E-state index >= 15 is 0 Å². The molecule has 0 saturated heterocycles. The number of phenols is 1. The van der Waals surface area contributed by atoms with Crippen molar-refractivity contribution in [2.75, 3.05) is 20.8 Å². The molecule has 0 aromatic heterocycles. The van der Waals surface area contributed by atoms with Crippen LogP contribution in [0.2, 0.25) is 5.02 Å². The van der Waals surface area contributed by atoms with Crippen LogP contribution < -0.4 is 19.6 Å². The highest BCUT2D eigenvalue weighted by atomic mass is 35.5. The molecule has 2 aromatic carbocycles. The van der Waals surface area contributed by atoms with Gasteiger partial charge in [0.15, 0.2) is 6.61 Å². The van der Waals surface area contributed by atoms with Gasteiger partial charge in [0.1, 0.15) is 23.0 Å². The maximum atomic E-state index is 11.8. The Morgan fingerprint density at radius 3 is 2.68 bits per heavy atom. The standard InChI is InChI=1S/C17H17ClN2O5/c1-23-11-7-14(21)12(16(8-11)24-2)9-19-20-17(22)10-25-15-6-4-3-5-13(15)18/h3-9,21H,10H2,1-2H3,(H,20,22)/b19-9+. The van der Waals surface area contributed by atoms with Gasteiger partial charge >= 0.3 is 0 Å². The van der Waals surface area contributed by atoms with E-state index in [0.717, 1.165) is 0 Å². The molecule has 0 aliphatic carbocycles. The molecule has 0 saturated carbocycles. The minimum atomic E-state index is -0.483. The van der Waals surface area contributed by atoms with E-state index < -0.39 is 5.91 Å². The Kier molecular flexibility index (Phi) is 6.47. The Labute approximate surface area is 149 Å². The summed E-state index contributed by atoms with van der Waals surface area (Å²) in [5.74, 6) is 0.605. The number of para-hydroxylation sites is 1. The lowest BCUT2D eigenvalue weighted by molar-refractivity contribution is -0.123. The van der Waals surface area contributed by atoms with Crippen molar-refractivity contribution in [3.63, 3.8) is 0 Å². The number of hydrogen-bond donors (Lipinski definition) is 2. The van der Waals surface area contributed by atoms with Crippen LogP contribution in [0, 0.1) is 0 Å². The van der Waals surface area contributed by atoms with Crippen molar-refractivity contribution < 1.29 is 24.1 Å². The molecule has 0 atom stereocenters. The van der Waals surface area contributed by atoms with Gasteiger partial charge in [-0.2, -0.15) is 5.10 Å². The van der Waals surface area contributed by atoms with Crippen LogP contribution in [0.25, 0.3) is 0 Å². The molecule has 0 unspecified atom stereocenters. The number of rotatable bonds is 7. The zero-order valence-corrected chi connectivity index (χ0v) is 14.4. The van der Waals surface area contributed by atoms with Crippen LogP contribution in [0.1, 0.15) is 5.56 Å². The number of halogens is 1. The van der Waals surface area contributed by atoms with Crippen molar-refractivity contribution >= 4 is 23.7 Å². The zero-order valence-electron chi connectivity index (χ0n) is 13.7. The van der Waals surface area contributed by atoms with Gasteiger partial charge in [0, 0.05) is 12.1 Å². The van der Waals surface area contributed by atoms with E-state index in [4.69, 9.17) is 25.8 Å². The summed E-state index contributed by atoms with van der Waals surface area (Å²) in [6.45, 7) is -0.257. The van der Waals surface area contributed by atoms with Crippen molar-refractivity contribution in [2.24, 2.45) is 5.10 Å². The second kappa shape index (κ2) is 8.79. The number of carbonyl (C=O) groups is 1. The van der Waals surface area contributed by atoms with Gasteiger partial charge in [-0.25, -0.2) is 5.43 Å². The van der Waals surface area contributed by atoms with Crippen LogP contribution in [0.15, 0.2) is 41.5 Å². The first-order chi connectivity index (χ1) is 12.0. The lowest BCUT2D eigenvalue weighted by Gasteiger charge is -2.09. The fourth-order valence-electron chi connectivity index (χ4n) is 1.91. The van der Waals surface area contributed by atoms with Gasteiger partial charge in [0.25, 0.3) is 5.91 Å². The minimum absolute atomic E-state index is 0.0958. The van der Waals surface area contributed by atoms with Gasteiger partial charge in [-0.3, -0.25) is 4.79 Å². The van der Waals surface area contributed by atoms with Gasteiger partial charge in [0.05, 0.1) is 31.0 Å². The van der Waals surface area contributed by atoms with Gasteiger partial charge in [-0.1, -0.05) is 23.7 Å². The molecule has 132 valence electrons. The number of carbonyl (C=O) groups excluding carboxylic acids is 1. The minimum Gasteiger partial charge on any atom is -0.507 e. The molecular formula is C17H17ClN2O5. The Hall–Kier alpha value is -2.93. The topological polar surface area (TPSA) is 89.4 Å². The highest BCUT2D eigenvalue weighted by Gasteiger charge is 2.10. The van der Waals surface area contributed by atoms with E-state index in [9.17, 15) is 9.90 Å². The van der Waals surface area contributed by atoms with Crippen molar-refractivity contribution in [2.45, 2.75) is 0 Å². The van der Waals surface area contributed by atoms with E-state index in [1.54, 1.807) is 30.3 Å². The summed E-state index contributed by atoms with van der Waals surface area (Å²) in [6.07, 6.45) is 1.26. The van der Waals surface area contributed by atoms with Gasteiger partial charge < -0.3 is 19.3 Å². The van der Waals surface area contributed by atoms with E-state index in [-0.39, 0.29) is 12.4 Å². The number of hydrazone groups is 1. The molecule has 0 aliphatic heterocycles. The molecule has 0 aliphatic rings. The number of nitrogens with one attached hydrogen (secondary N) is 1. The average Bonchev–Trinajstić information content (AvgIpc) is 2.61. The second-order valence-corrected chi connectivity index (χ2v) is 5.18. The fourth-order valence-corrected chi connectivity index (χ4v) is 2.10. The first-order valence-corrected chi connectivity index (χ1v) is 7.57. The van der Waals surface area contributed by atoms with Crippen LogP contribution in [0.4, 0.5) is 0 Å². The van der Waals surface area contributed by atoms with Gasteiger partial charge in [-0.15, -0.1) is 0 Å². The van der Waals surface area contributed by atoms with E-state index in [1.807, 2.05) is 0 Å². The van der Waals surface area contributed by atoms with E-state index in [2.05, 4.69) is 10.5 Å². The smallest absolute Gasteiger partial charge is 0.277 e. The Morgan fingerprint density at radius 2 is 2.00 bits per heavy atom. The fraction of sp³-hybridized carbons (Fsp3) is 0.176. The number of nitrogens with zero attached hydrogens (tertiary/aromatic N) is 1. The third-order valence-corrected chi connectivity index (χ3v) is 3.44. The first kappa shape index (κ1) is 18.4. The predicted octanol–water partition coefficient (Wildman–Crippen LogP) is 2.59. The normalized spacial score (nSPS) is 10.5. The third kappa shape index (κ3) is 5.02. The average molecular weight is 365 g/mol. The number of hydrogen-bond acceptors (Lipinski definition) is 6. The largest absolute Gasteiger partial charge is 0.507 e. The third-order valence-electron chi connectivity index (χ3n) is 3.13. The summed E-state index contributed by atoms with van der Waals surface area (Å²) < 4.78 is 15.5. The zero-order chi connectivity index (χ0) is 18.2. The van der Waals surface area contributed by atoms with E-state index in [0.29, 0.717) is 27.8 Å². The number of amides is 1. The highest BCUT2D eigenvalue weighted by molar-refractivity contribution is 6.32. The summed E-state index contributed by atoms with van der Waals surface area (Å²) in [7, 11) is 2.92. The molecule has 0 heterocycles. The van der Waals surface area contributed by atoms with Crippen LogP contribution in [-0.4, -0.2) is 38.1 Å². The number of aromatic hydroxyl groups is 1. The molecule has 25 heavy (non-hydrogen) atoms. The second-order valence-electron chi connectivity index (χ2n) is 4.77. The molecule has 0 radical (unpaired) electrons. The van der Waals surface area contributed by atoms with Crippen molar-refractivity contribution in [3.05, 3.63) is 47.0 Å². The van der Waals surface area contributed by atoms with Crippen molar-refractivity contribution in [3.8, 4) is 23.0 Å². The molecule has 1 amide bonds. The number of ether oxygens (including phenoxy) is 3. The predicted molar refractivity (Wildman–Crippen MR) is 93.9 cm³/mol. The van der Waals surface area contributed by atoms with Gasteiger partial charge in [0.2, 0.25) is 0 Å². The van der Waals surface area contributed by atoms with Gasteiger partial charge in [-0.05, 0) is 12.1 Å². The summed E-state index contributed by atoms with van der Waals surface area (Å²) >= 11 is 5.93. The summed E-state index contributed by atoms with van der Waals surface area (Å²) in [5, 5.41) is 14.2. The van der Waals surface area contributed by atoms with Crippen LogP contribution in [0.5, 0.6) is 23.0 Å². The Morgan fingerprint density at radius 1 is 1.24 bits per heavy atom. The number of phenolic OH excluding ortho intramolecular Hbond substituents is 1. The van der Waals surface area contributed by atoms with Crippen LogP contribution in [-0.2, 0) is 4.79 Å². The lowest BCUT2D eigenvalue weighted by Crippen LogP contribution is -2.24. The Balaban J connectivity index is 1.96. The summed E-state index contributed by atoms with van der Waals surface area (Å²) in [5.41, 5.74) is 2.59.